The molecule has 0 bridgehead atoms. The van der Waals surface area contributed by atoms with E-state index in [0.29, 0.717) is 6.10 Å². The molecule has 1 aliphatic carbocycles. The maximum Gasteiger partial charge on any atom is 0.0876 e. The predicted octanol–water partition coefficient (Wildman–Crippen LogP) is 3.29. The zero-order valence-electron chi connectivity index (χ0n) is 13.0. The lowest BCUT2D eigenvalue weighted by Gasteiger charge is -2.36. The van der Waals surface area contributed by atoms with E-state index in [1.165, 1.54) is 5.57 Å². The summed E-state index contributed by atoms with van der Waals surface area (Å²) in [4.78, 5) is 6.78. The van der Waals surface area contributed by atoms with Crippen molar-refractivity contribution >= 4 is 5.57 Å². The minimum absolute atomic E-state index is 0.168. The van der Waals surface area contributed by atoms with Gasteiger partial charge < -0.3 is 9.64 Å². The molecule has 1 aromatic heterocycles. The van der Waals surface area contributed by atoms with Crippen LogP contribution < -0.4 is 0 Å². The molecule has 2 aliphatic rings. The number of pyridine rings is 1. The van der Waals surface area contributed by atoms with Gasteiger partial charge in [-0.2, -0.15) is 0 Å². The van der Waals surface area contributed by atoms with Crippen LogP contribution in [0.5, 0.6) is 0 Å². The van der Waals surface area contributed by atoms with Gasteiger partial charge in [-0.15, -0.1) is 0 Å². The molecule has 1 fully saturated rings. The van der Waals surface area contributed by atoms with Crippen molar-refractivity contribution in [1.82, 2.24) is 9.88 Å². The van der Waals surface area contributed by atoms with Crippen LogP contribution >= 0.6 is 0 Å². The molecule has 0 amide bonds. The van der Waals surface area contributed by atoms with Gasteiger partial charge >= 0.3 is 0 Å². The van der Waals surface area contributed by atoms with Crippen molar-refractivity contribution in [2.45, 2.75) is 37.9 Å². The third-order valence-corrected chi connectivity index (χ3v) is 4.40. The normalized spacial score (nSPS) is 27.6. The first-order chi connectivity index (χ1) is 10.1. The van der Waals surface area contributed by atoms with Gasteiger partial charge in [0.15, 0.2) is 0 Å². The number of allylic oxidation sites excluding steroid dienone is 2. The Labute approximate surface area is 127 Å². The number of hydrogen-bond donors (Lipinski definition) is 0. The summed E-state index contributed by atoms with van der Waals surface area (Å²) in [6, 6.07) is 6.03. The van der Waals surface area contributed by atoms with Crippen molar-refractivity contribution in [3.05, 3.63) is 48.3 Å². The highest BCUT2D eigenvalue weighted by molar-refractivity contribution is 5.73. The first-order valence-corrected chi connectivity index (χ1v) is 7.82. The lowest BCUT2D eigenvalue weighted by molar-refractivity contribution is -0.0725. The highest BCUT2D eigenvalue weighted by Crippen LogP contribution is 2.31. The topological polar surface area (TPSA) is 25.4 Å². The quantitative estimate of drug-likeness (QED) is 0.851. The molecule has 1 saturated heterocycles. The lowest BCUT2D eigenvalue weighted by Crippen LogP contribution is -2.39. The van der Waals surface area contributed by atoms with Crippen LogP contribution in [0.4, 0.5) is 0 Å². The number of ether oxygens (including phenoxy) is 1. The van der Waals surface area contributed by atoms with Gasteiger partial charge in [-0.1, -0.05) is 24.3 Å². The molecule has 0 saturated carbocycles. The smallest absolute Gasteiger partial charge is 0.0876 e. The van der Waals surface area contributed by atoms with Gasteiger partial charge in [0.05, 0.1) is 17.4 Å². The maximum atomic E-state index is 6.37. The minimum Gasteiger partial charge on any atom is -0.368 e. The van der Waals surface area contributed by atoms with Crippen LogP contribution in [0.3, 0.4) is 0 Å². The van der Waals surface area contributed by atoms with E-state index in [1.54, 1.807) is 0 Å². The monoisotopic (exact) mass is 284 g/mol. The molecular formula is C18H24N2O. The SMILES string of the molecule is CN1CCC(OC2(C)C=CC(c3ccccn3)=CC2)CC1. The number of piperidine rings is 1. The molecule has 3 heteroatoms. The van der Waals surface area contributed by atoms with Crippen LogP contribution in [0.2, 0.25) is 0 Å². The molecule has 1 atom stereocenters. The van der Waals surface area contributed by atoms with Crippen molar-refractivity contribution in [2.75, 3.05) is 20.1 Å². The van der Waals surface area contributed by atoms with Crippen molar-refractivity contribution in [2.24, 2.45) is 0 Å². The van der Waals surface area contributed by atoms with Crippen LogP contribution in [-0.2, 0) is 4.74 Å². The Bertz CT molecular complexity index is 529. The van der Waals surface area contributed by atoms with Gasteiger partial charge in [0.1, 0.15) is 0 Å². The minimum atomic E-state index is -0.168. The van der Waals surface area contributed by atoms with E-state index in [2.05, 4.69) is 48.1 Å². The maximum absolute atomic E-state index is 6.37. The zero-order valence-corrected chi connectivity index (χ0v) is 13.0. The fourth-order valence-corrected chi connectivity index (χ4v) is 3.01. The second-order valence-corrected chi connectivity index (χ2v) is 6.35. The molecule has 112 valence electrons. The number of hydrogen-bond acceptors (Lipinski definition) is 3. The fourth-order valence-electron chi connectivity index (χ4n) is 3.01. The summed E-state index contributed by atoms with van der Waals surface area (Å²) in [5.41, 5.74) is 2.06. The zero-order chi connectivity index (χ0) is 14.7. The average molecular weight is 284 g/mol. The number of likely N-dealkylation sites (tertiary alicyclic amines) is 1. The van der Waals surface area contributed by atoms with Gasteiger partial charge in [0.2, 0.25) is 0 Å². The predicted molar refractivity (Wildman–Crippen MR) is 86.0 cm³/mol. The Morgan fingerprint density at radius 3 is 2.71 bits per heavy atom. The molecule has 1 aromatic rings. The Morgan fingerprint density at radius 1 is 1.29 bits per heavy atom. The van der Waals surface area contributed by atoms with Crippen molar-refractivity contribution in [3.63, 3.8) is 0 Å². The lowest BCUT2D eigenvalue weighted by atomic mass is 9.91. The highest BCUT2D eigenvalue weighted by atomic mass is 16.5. The molecule has 0 spiro atoms. The second kappa shape index (κ2) is 6.12. The number of rotatable bonds is 3. The first kappa shape index (κ1) is 14.5. The van der Waals surface area contributed by atoms with Crippen LogP contribution in [0.15, 0.2) is 42.6 Å². The van der Waals surface area contributed by atoms with Crippen LogP contribution in [0, 0.1) is 0 Å². The Balaban J connectivity index is 1.62. The molecule has 2 heterocycles. The second-order valence-electron chi connectivity index (χ2n) is 6.35. The van der Waals surface area contributed by atoms with Crippen LogP contribution in [-0.4, -0.2) is 41.7 Å². The number of nitrogens with zero attached hydrogens (tertiary/aromatic N) is 2. The van der Waals surface area contributed by atoms with Crippen LogP contribution in [0.25, 0.3) is 5.57 Å². The largest absolute Gasteiger partial charge is 0.368 e. The van der Waals surface area contributed by atoms with E-state index < -0.39 is 0 Å². The summed E-state index contributed by atoms with van der Waals surface area (Å²) in [7, 11) is 2.18. The third-order valence-electron chi connectivity index (χ3n) is 4.40. The van der Waals surface area contributed by atoms with Crippen LogP contribution in [0.1, 0.15) is 31.9 Å². The van der Waals surface area contributed by atoms with Crippen molar-refractivity contribution in [3.8, 4) is 0 Å². The molecule has 3 rings (SSSR count). The van der Waals surface area contributed by atoms with E-state index >= 15 is 0 Å². The van der Waals surface area contributed by atoms with Crippen molar-refractivity contribution in [1.29, 1.82) is 0 Å². The fraction of sp³-hybridized carbons (Fsp3) is 0.500. The van der Waals surface area contributed by atoms with E-state index in [4.69, 9.17) is 4.74 Å². The highest BCUT2D eigenvalue weighted by Gasteiger charge is 2.29. The van der Waals surface area contributed by atoms with Gasteiger partial charge in [-0.25, -0.2) is 0 Å². The van der Waals surface area contributed by atoms with Gasteiger partial charge in [0.25, 0.3) is 0 Å². The summed E-state index contributed by atoms with van der Waals surface area (Å²) in [6.45, 7) is 4.46. The molecule has 1 aliphatic heterocycles. The summed E-state index contributed by atoms with van der Waals surface area (Å²) in [5.74, 6) is 0. The van der Waals surface area contributed by atoms with Crippen molar-refractivity contribution < 1.29 is 4.74 Å². The molecule has 3 nitrogen and oxygen atoms in total. The number of aromatic nitrogens is 1. The van der Waals surface area contributed by atoms with Gasteiger partial charge in [-0.3, -0.25) is 4.98 Å². The van der Waals surface area contributed by atoms with Gasteiger partial charge in [0, 0.05) is 19.3 Å². The van der Waals surface area contributed by atoms with E-state index in [9.17, 15) is 0 Å². The summed E-state index contributed by atoms with van der Waals surface area (Å²) in [5, 5.41) is 0. The summed E-state index contributed by atoms with van der Waals surface area (Å²) in [6.07, 6.45) is 12.0. The molecule has 21 heavy (non-hydrogen) atoms. The summed E-state index contributed by atoms with van der Waals surface area (Å²) < 4.78 is 6.37. The van der Waals surface area contributed by atoms with E-state index in [1.807, 2.05) is 18.3 Å². The summed E-state index contributed by atoms with van der Waals surface area (Å²) >= 11 is 0. The molecule has 1 unspecified atom stereocenters. The molecular weight excluding hydrogens is 260 g/mol. The Kier molecular flexibility index (Phi) is 4.22. The van der Waals surface area contributed by atoms with Gasteiger partial charge in [-0.05, 0) is 50.9 Å². The molecule has 0 N–H and O–H groups in total. The molecule has 0 radical (unpaired) electrons. The Hall–Kier alpha value is -1.45. The standard InChI is InChI=1S/C18H24N2O/c1-18(21-16-8-13-20(2)14-9-16)10-6-15(7-11-18)17-5-3-4-12-19-17/h3-7,10,12,16H,8-9,11,13-14H2,1-2H3. The first-order valence-electron chi connectivity index (χ1n) is 7.82. The Morgan fingerprint density at radius 2 is 2.10 bits per heavy atom. The molecule has 0 aromatic carbocycles. The average Bonchev–Trinajstić information content (AvgIpc) is 2.51. The van der Waals surface area contributed by atoms with E-state index in [-0.39, 0.29) is 5.60 Å². The third kappa shape index (κ3) is 3.60. The van der Waals surface area contributed by atoms with E-state index in [0.717, 1.165) is 38.0 Å².